The molecule has 0 saturated carbocycles. The van der Waals surface area contributed by atoms with E-state index in [9.17, 15) is 14.7 Å². The van der Waals surface area contributed by atoms with Gasteiger partial charge in [0.2, 0.25) is 0 Å². The van der Waals surface area contributed by atoms with E-state index >= 15 is 0 Å². The number of rotatable bonds is 5. The van der Waals surface area contributed by atoms with Gasteiger partial charge >= 0.3 is 5.97 Å². The smallest absolute Gasteiger partial charge is 0.314 e. The van der Waals surface area contributed by atoms with Crippen LogP contribution in [0.1, 0.15) is 19.4 Å². The molecule has 0 amide bonds. The minimum Gasteiger partial charge on any atom is -0.481 e. The lowest BCUT2D eigenvalue weighted by molar-refractivity contribution is -0.159. The van der Waals surface area contributed by atoms with Crippen molar-refractivity contribution in [2.24, 2.45) is 5.92 Å². The molecule has 0 aliphatic heterocycles. The largest absolute Gasteiger partial charge is 0.481 e. The molecule has 2 atom stereocenters. The number of carboxylic acids is 1. The van der Waals surface area contributed by atoms with Crippen molar-refractivity contribution in [3.63, 3.8) is 0 Å². The van der Waals surface area contributed by atoms with Crippen molar-refractivity contribution in [3.8, 4) is 0 Å². The van der Waals surface area contributed by atoms with E-state index in [1.54, 1.807) is 25.2 Å². The Bertz CT molecular complexity index is 600. The zero-order valence-electron chi connectivity index (χ0n) is 12.1. The second-order valence-corrected chi connectivity index (χ2v) is 5.18. The van der Waals surface area contributed by atoms with Gasteiger partial charge in [0, 0.05) is 0 Å². The third-order valence-corrected chi connectivity index (χ3v) is 3.62. The highest BCUT2D eigenvalue weighted by atomic mass is 16.5. The van der Waals surface area contributed by atoms with E-state index < -0.39 is 17.5 Å². The number of carbonyl (C=O) groups is 2. The van der Waals surface area contributed by atoms with E-state index in [4.69, 9.17) is 4.74 Å². The molecule has 1 aromatic rings. The fraction of sp³-hybridized carbons (Fsp3) is 0.294. The van der Waals surface area contributed by atoms with E-state index in [0.29, 0.717) is 0 Å². The topological polar surface area (TPSA) is 63.6 Å². The van der Waals surface area contributed by atoms with Gasteiger partial charge in [-0.05, 0) is 25.5 Å². The van der Waals surface area contributed by atoms with Crippen molar-refractivity contribution in [1.29, 1.82) is 0 Å². The number of aliphatic carboxylic acids is 1. The highest BCUT2D eigenvalue weighted by molar-refractivity contribution is 5.94. The number of ketones is 1. The van der Waals surface area contributed by atoms with Gasteiger partial charge in [-0.15, -0.1) is 0 Å². The Morgan fingerprint density at radius 2 is 1.95 bits per heavy atom. The average molecular weight is 286 g/mol. The van der Waals surface area contributed by atoms with Crippen molar-refractivity contribution in [1.82, 2.24) is 0 Å². The molecule has 0 spiro atoms. The van der Waals surface area contributed by atoms with E-state index in [0.717, 1.165) is 11.1 Å². The van der Waals surface area contributed by atoms with Crippen molar-refractivity contribution in [3.05, 3.63) is 59.7 Å². The molecule has 0 aromatic heterocycles. The molecule has 21 heavy (non-hydrogen) atoms. The normalized spacial score (nSPS) is 24.5. The van der Waals surface area contributed by atoms with E-state index in [-0.39, 0.29) is 12.4 Å². The van der Waals surface area contributed by atoms with Crippen LogP contribution in [-0.4, -0.2) is 22.5 Å². The molecule has 110 valence electrons. The van der Waals surface area contributed by atoms with Crippen LogP contribution in [0.3, 0.4) is 0 Å². The Labute approximate surface area is 123 Å². The highest BCUT2D eigenvalue weighted by Gasteiger charge is 2.46. The van der Waals surface area contributed by atoms with Crippen LogP contribution in [0.4, 0.5) is 0 Å². The molecule has 1 aliphatic rings. The molecule has 1 aromatic carbocycles. The molecule has 1 N–H and O–H groups in total. The van der Waals surface area contributed by atoms with Crippen LogP contribution in [0.2, 0.25) is 0 Å². The molecular weight excluding hydrogens is 268 g/mol. The van der Waals surface area contributed by atoms with Crippen LogP contribution in [-0.2, 0) is 20.9 Å². The standard InChI is InChI=1S/C17H18O4/c1-12-8-9-17(13(2)18,15(10-12)16(19)20)21-11-14-6-4-3-5-7-14/h3-10,15H,11H2,1-2H3,(H,19,20). The molecular formula is C17H18O4. The Balaban J connectivity index is 2.30. The predicted octanol–water partition coefficient (Wildman–Crippen LogP) is 2.75. The first-order valence-electron chi connectivity index (χ1n) is 6.75. The van der Waals surface area contributed by atoms with Gasteiger partial charge in [0.05, 0.1) is 6.61 Å². The van der Waals surface area contributed by atoms with Crippen molar-refractivity contribution >= 4 is 11.8 Å². The maximum Gasteiger partial charge on any atom is 0.314 e. The summed E-state index contributed by atoms with van der Waals surface area (Å²) < 4.78 is 5.78. The van der Waals surface area contributed by atoms with Gasteiger partial charge in [-0.2, -0.15) is 0 Å². The van der Waals surface area contributed by atoms with Crippen LogP contribution < -0.4 is 0 Å². The van der Waals surface area contributed by atoms with Gasteiger partial charge in [-0.3, -0.25) is 9.59 Å². The zero-order valence-corrected chi connectivity index (χ0v) is 12.1. The van der Waals surface area contributed by atoms with Crippen molar-refractivity contribution in [2.75, 3.05) is 0 Å². The number of ether oxygens (including phenoxy) is 1. The Hall–Kier alpha value is -2.20. The molecule has 0 saturated heterocycles. The summed E-state index contributed by atoms with van der Waals surface area (Å²) in [6.07, 6.45) is 4.85. The zero-order chi connectivity index (χ0) is 15.5. The third kappa shape index (κ3) is 3.11. The molecule has 0 radical (unpaired) electrons. The second-order valence-electron chi connectivity index (χ2n) is 5.18. The maximum absolute atomic E-state index is 12.1. The number of hydrogen-bond acceptors (Lipinski definition) is 3. The quantitative estimate of drug-likeness (QED) is 0.904. The van der Waals surface area contributed by atoms with Crippen molar-refractivity contribution < 1.29 is 19.4 Å². The summed E-state index contributed by atoms with van der Waals surface area (Å²) in [7, 11) is 0. The second kappa shape index (κ2) is 6.06. The summed E-state index contributed by atoms with van der Waals surface area (Å²) in [5, 5.41) is 9.43. The molecule has 0 heterocycles. The molecule has 4 heteroatoms. The van der Waals surface area contributed by atoms with Crippen LogP contribution >= 0.6 is 0 Å². The summed E-state index contributed by atoms with van der Waals surface area (Å²) in [6.45, 7) is 3.34. The van der Waals surface area contributed by atoms with Gasteiger partial charge in [0.25, 0.3) is 0 Å². The molecule has 0 fully saturated rings. The Morgan fingerprint density at radius 3 is 2.52 bits per heavy atom. The highest BCUT2D eigenvalue weighted by Crippen LogP contribution is 2.33. The fourth-order valence-corrected chi connectivity index (χ4v) is 2.41. The summed E-state index contributed by atoms with van der Waals surface area (Å²) >= 11 is 0. The van der Waals surface area contributed by atoms with E-state index in [1.807, 2.05) is 30.3 Å². The molecule has 0 bridgehead atoms. The number of allylic oxidation sites excluding steroid dienone is 2. The van der Waals surface area contributed by atoms with Crippen LogP contribution in [0, 0.1) is 5.92 Å². The lowest BCUT2D eigenvalue weighted by Crippen LogP contribution is -2.49. The SMILES string of the molecule is CC(=O)C1(OCc2ccccc2)C=CC(C)=CC1C(=O)O. The number of hydrogen-bond donors (Lipinski definition) is 1. The van der Waals surface area contributed by atoms with Crippen LogP contribution in [0.15, 0.2) is 54.1 Å². The first-order chi connectivity index (χ1) is 9.95. The Morgan fingerprint density at radius 1 is 1.29 bits per heavy atom. The lowest BCUT2D eigenvalue weighted by Gasteiger charge is -2.34. The van der Waals surface area contributed by atoms with Gasteiger partial charge in [0.1, 0.15) is 5.92 Å². The van der Waals surface area contributed by atoms with Gasteiger partial charge < -0.3 is 9.84 Å². The maximum atomic E-state index is 12.1. The first-order valence-corrected chi connectivity index (χ1v) is 6.75. The molecule has 2 rings (SSSR count). The summed E-state index contributed by atoms with van der Waals surface area (Å²) in [4.78, 5) is 23.6. The molecule has 2 unspecified atom stereocenters. The van der Waals surface area contributed by atoms with Gasteiger partial charge in [-0.1, -0.05) is 48.1 Å². The average Bonchev–Trinajstić information content (AvgIpc) is 2.47. The minimum absolute atomic E-state index is 0.182. The van der Waals surface area contributed by atoms with Crippen molar-refractivity contribution in [2.45, 2.75) is 26.1 Å². The summed E-state index contributed by atoms with van der Waals surface area (Å²) in [5.74, 6) is -2.39. The Kier molecular flexibility index (Phi) is 4.38. The first kappa shape index (κ1) is 15.2. The van der Waals surface area contributed by atoms with Gasteiger partial charge in [0.15, 0.2) is 11.4 Å². The van der Waals surface area contributed by atoms with E-state index in [2.05, 4.69) is 0 Å². The summed E-state index contributed by atoms with van der Waals surface area (Å²) in [6, 6.07) is 9.37. The van der Waals surface area contributed by atoms with Crippen LogP contribution in [0.5, 0.6) is 0 Å². The number of benzene rings is 1. The third-order valence-electron chi connectivity index (χ3n) is 3.62. The number of carbonyl (C=O) groups excluding carboxylic acids is 1. The fourth-order valence-electron chi connectivity index (χ4n) is 2.41. The lowest BCUT2D eigenvalue weighted by atomic mass is 9.79. The predicted molar refractivity (Wildman–Crippen MR) is 78.7 cm³/mol. The number of Topliss-reactive ketones (excluding diaryl/α,β-unsaturated/α-hetero) is 1. The van der Waals surface area contributed by atoms with Crippen LogP contribution in [0.25, 0.3) is 0 Å². The summed E-state index contributed by atoms with van der Waals surface area (Å²) in [5.41, 5.74) is 0.255. The van der Waals surface area contributed by atoms with E-state index in [1.165, 1.54) is 6.92 Å². The molecule has 1 aliphatic carbocycles. The minimum atomic E-state index is -1.44. The monoisotopic (exact) mass is 286 g/mol. The number of carboxylic acid groups (broad SMARTS) is 1. The van der Waals surface area contributed by atoms with Gasteiger partial charge in [-0.25, -0.2) is 0 Å². The molecule has 4 nitrogen and oxygen atoms in total.